The van der Waals surface area contributed by atoms with Gasteiger partial charge < -0.3 is 15.5 Å². The van der Waals surface area contributed by atoms with E-state index in [2.05, 4.69) is 16.7 Å². The Hall–Kier alpha value is -1.29. The molecule has 0 radical (unpaired) electrons. The molecule has 0 heterocycles. The summed E-state index contributed by atoms with van der Waals surface area (Å²) in [6.07, 6.45) is 0. The number of nitrogens with zero attached hydrogens (tertiary/aromatic N) is 2. The largest absolute Gasteiger partial charge is 0.399 e. The molecule has 17 heavy (non-hydrogen) atoms. The molecule has 1 unspecified atom stereocenters. The van der Waals surface area contributed by atoms with Gasteiger partial charge in [-0.25, -0.2) is 4.39 Å². The minimum atomic E-state index is -0.252. The van der Waals surface area contributed by atoms with E-state index < -0.39 is 0 Å². The average Bonchev–Trinajstić information content (AvgIpc) is 2.21. The van der Waals surface area contributed by atoms with Crippen molar-refractivity contribution in [2.45, 2.75) is 19.9 Å². The molecule has 0 saturated carbocycles. The Morgan fingerprint density at radius 3 is 2.47 bits per heavy atom. The van der Waals surface area contributed by atoms with Crippen molar-refractivity contribution >= 4 is 11.4 Å². The fourth-order valence-corrected chi connectivity index (χ4v) is 2.10. The number of hydrogen-bond acceptors (Lipinski definition) is 3. The molecule has 3 nitrogen and oxygen atoms in total. The standard InChI is InChI=1S/C13H22FN3/c1-5-17(10(2)9-16(3)4)13-7-6-11(15)8-12(13)14/h6-8,10H,5,9,15H2,1-4H3. The number of halogens is 1. The van der Waals surface area contributed by atoms with Crippen molar-refractivity contribution in [3.63, 3.8) is 0 Å². The highest BCUT2D eigenvalue weighted by atomic mass is 19.1. The fourth-order valence-electron chi connectivity index (χ4n) is 2.10. The lowest BCUT2D eigenvalue weighted by Gasteiger charge is -2.32. The second-order valence-electron chi connectivity index (χ2n) is 4.61. The van der Waals surface area contributed by atoms with E-state index in [4.69, 9.17) is 5.73 Å². The predicted molar refractivity (Wildman–Crippen MR) is 71.8 cm³/mol. The van der Waals surface area contributed by atoms with Crippen LogP contribution in [0, 0.1) is 5.82 Å². The maximum atomic E-state index is 13.9. The number of anilines is 2. The summed E-state index contributed by atoms with van der Waals surface area (Å²) in [5.41, 5.74) is 6.64. The van der Waals surface area contributed by atoms with Crippen LogP contribution >= 0.6 is 0 Å². The van der Waals surface area contributed by atoms with Crippen LogP contribution in [0.5, 0.6) is 0 Å². The number of nitrogen functional groups attached to an aromatic ring is 1. The lowest BCUT2D eigenvalue weighted by Crippen LogP contribution is -2.40. The zero-order chi connectivity index (χ0) is 13.0. The van der Waals surface area contributed by atoms with Crippen LogP contribution in [0.3, 0.4) is 0 Å². The maximum Gasteiger partial charge on any atom is 0.148 e. The molecule has 0 bridgehead atoms. The van der Waals surface area contributed by atoms with Crippen molar-refractivity contribution in [1.82, 2.24) is 4.90 Å². The molecule has 2 N–H and O–H groups in total. The Bertz CT molecular complexity index is 366. The van der Waals surface area contributed by atoms with Crippen molar-refractivity contribution < 1.29 is 4.39 Å². The van der Waals surface area contributed by atoms with Gasteiger partial charge in [-0.3, -0.25) is 0 Å². The van der Waals surface area contributed by atoms with E-state index in [1.54, 1.807) is 12.1 Å². The van der Waals surface area contributed by atoms with E-state index in [9.17, 15) is 4.39 Å². The molecule has 0 spiro atoms. The Morgan fingerprint density at radius 1 is 1.35 bits per heavy atom. The molecule has 1 aromatic rings. The van der Waals surface area contributed by atoms with Crippen molar-refractivity contribution in [3.05, 3.63) is 24.0 Å². The van der Waals surface area contributed by atoms with Crippen LogP contribution in [0.4, 0.5) is 15.8 Å². The van der Waals surface area contributed by atoms with Gasteiger partial charge >= 0.3 is 0 Å². The van der Waals surface area contributed by atoms with Crippen LogP contribution in [0.25, 0.3) is 0 Å². The number of nitrogens with two attached hydrogens (primary N) is 1. The van der Waals surface area contributed by atoms with Crippen LogP contribution in [0.15, 0.2) is 18.2 Å². The zero-order valence-electron chi connectivity index (χ0n) is 11.1. The van der Waals surface area contributed by atoms with Gasteiger partial charge in [-0.2, -0.15) is 0 Å². The molecule has 0 aliphatic heterocycles. The summed E-state index contributed by atoms with van der Waals surface area (Å²) in [6, 6.07) is 5.12. The summed E-state index contributed by atoms with van der Waals surface area (Å²) in [7, 11) is 4.04. The highest BCUT2D eigenvalue weighted by molar-refractivity contribution is 5.55. The minimum absolute atomic E-state index is 0.252. The third kappa shape index (κ3) is 3.60. The molecular formula is C13H22FN3. The monoisotopic (exact) mass is 239 g/mol. The maximum absolute atomic E-state index is 13.9. The second kappa shape index (κ2) is 5.87. The first kappa shape index (κ1) is 13.8. The molecule has 4 heteroatoms. The number of benzene rings is 1. The zero-order valence-corrected chi connectivity index (χ0v) is 11.1. The topological polar surface area (TPSA) is 32.5 Å². The summed E-state index contributed by atoms with van der Waals surface area (Å²) in [5, 5.41) is 0. The van der Waals surface area contributed by atoms with Crippen LogP contribution in [-0.4, -0.2) is 38.1 Å². The summed E-state index contributed by atoms with van der Waals surface area (Å²) >= 11 is 0. The smallest absolute Gasteiger partial charge is 0.148 e. The minimum Gasteiger partial charge on any atom is -0.399 e. The normalized spacial score (nSPS) is 12.8. The summed E-state index contributed by atoms with van der Waals surface area (Å²) in [6.45, 7) is 5.79. The molecule has 96 valence electrons. The van der Waals surface area contributed by atoms with Gasteiger partial charge in [0.15, 0.2) is 0 Å². The van der Waals surface area contributed by atoms with Gasteiger partial charge in [0.25, 0.3) is 0 Å². The average molecular weight is 239 g/mol. The van der Waals surface area contributed by atoms with Gasteiger partial charge in [-0.1, -0.05) is 0 Å². The number of hydrogen-bond donors (Lipinski definition) is 1. The summed E-state index contributed by atoms with van der Waals surface area (Å²) < 4.78 is 13.9. The van der Waals surface area contributed by atoms with Crippen LogP contribution in [0.2, 0.25) is 0 Å². The third-order valence-electron chi connectivity index (χ3n) is 2.78. The number of likely N-dealkylation sites (N-methyl/N-ethyl adjacent to an activating group) is 2. The first-order chi connectivity index (χ1) is 7.95. The molecule has 0 aliphatic rings. The van der Waals surface area contributed by atoms with E-state index in [0.717, 1.165) is 13.1 Å². The van der Waals surface area contributed by atoms with Crippen LogP contribution in [0.1, 0.15) is 13.8 Å². The van der Waals surface area contributed by atoms with Crippen molar-refractivity contribution in [2.75, 3.05) is 37.8 Å². The van der Waals surface area contributed by atoms with E-state index >= 15 is 0 Å². The molecule has 0 saturated heterocycles. The first-order valence-corrected chi connectivity index (χ1v) is 5.92. The molecule has 0 aromatic heterocycles. The molecule has 1 atom stereocenters. The Labute approximate surface area is 103 Å². The quantitative estimate of drug-likeness (QED) is 0.799. The summed E-state index contributed by atoms with van der Waals surface area (Å²) in [5.74, 6) is -0.252. The van der Waals surface area contributed by atoms with E-state index in [1.807, 2.05) is 21.0 Å². The van der Waals surface area contributed by atoms with Gasteiger partial charge in [0, 0.05) is 24.8 Å². The number of rotatable bonds is 5. The van der Waals surface area contributed by atoms with Crippen molar-refractivity contribution in [2.24, 2.45) is 0 Å². The van der Waals surface area contributed by atoms with Crippen molar-refractivity contribution in [3.8, 4) is 0 Å². The van der Waals surface area contributed by atoms with E-state index in [-0.39, 0.29) is 11.9 Å². The van der Waals surface area contributed by atoms with Gasteiger partial charge in [0.2, 0.25) is 0 Å². The van der Waals surface area contributed by atoms with Crippen molar-refractivity contribution in [1.29, 1.82) is 0 Å². The van der Waals surface area contributed by atoms with Gasteiger partial charge in [0.05, 0.1) is 5.69 Å². The molecule has 1 rings (SSSR count). The molecule has 0 aliphatic carbocycles. The third-order valence-corrected chi connectivity index (χ3v) is 2.78. The van der Waals surface area contributed by atoms with Gasteiger partial charge in [0.1, 0.15) is 5.82 Å². The highest BCUT2D eigenvalue weighted by Gasteiger charge is 2.16. The Kier molecular flexibility index (Phi) is 4.75. The first-order valence-electron chi connectivity index (χ1n) is 5.92. The second-order valence-corrected chi connectivity index (χ2v) is 4.61. The Balaban J connectivity index is 2.93. The Morgan fingerprint density at radius 2 is 2.00 bits per heavy atom. The summed E-state index contributed by atoms with van der Waals surface area (Å²) in [4.78, 5) is 4.15. The van der Waals surface area contributed by atoms with Gasteiger partial charge in [-0.05, 0) is 46.1 Å². The van der Waals surface area contributed by atoms with Crippen LogP contribution < -0.4 is 10.6 Å². The van der Waals surface area contributed by atoms with Crippen LogP contribution in [-0.2, 0) is 0 Å². The van der Waals surface area contributed by atoms with E-state index in [0.29, 0.717) is 11.4 Å². The molecular weight excluding hydrogens is 217 g/mol. The molecule has 0 fully saturated rings. The SMILES string of the molecule is CCN(c1ccc(N)cc1F)C(C)CN(C)C. The van der Waals surface area contributed by atoms with E-state index in [1.165, 1.54) is 6.07 Å². The predicted octanol–water partition coefficient (Wildman–Crippen LogP) is 2.18. The van der Waals surface area contributed by atoms with Gasteiger partial charge in [-0.15, -0.1) is 0 Å². The molecule has 0 amide bonds. The molecule has 1 aromatic carbocycles. The lowest BCUT2D eigenvalue weighted by atomic mass is 10.2. The highest BCUT2D eigenvalue weighted by Crippen LogP contribution is 2.23. The lowest BCUT2D eigenvalue weighted by molar-refractivity contribution is 0.371. The fraction of sp³-hybridized carbons (Fsp3) is 0.538.